The van der Waals surface area contributed by atoms with Gasteiger partial charge in [-0.25, -0.2) is 0 Å². The SMILES string of the molecule is CC1CC1c1ccc(C2C(C(=O)O)CC(=O)N2C(C)C)o1. The molecule has 5 nitrogen and oxygen atoms in total. The van der Waals surface area contributed by atoms with Crippen molar-refractivity contribution in [2.45, 2.75) is 51.6 Å². The number of hydrogen-bond donors (Lipinski definition) is 1. The first kappa shape index (κ1) is 14.2. The minimum Gasteiger partial charge on any atom is -0.481 e. The Kier molecular flexibility index (Phi) is 3.30. The van der Waals surface area contributed by atoms with Crippen molar-refractivity contribution in [2.75, 3.05) is 0 Å². The van der Waals surface area contributed by atoms with Crippen LogP contribution in [0.15, 0.2) is 16.5 Å². The number of carboxylic acids is 1. The second-order valence-electron chi connectivity index (χ2n) is 6.55. The molecule has 5 heteroatoms. The van der Waals surface area contributed by atoms with Crippen molar-refractivity contribution < 1.29 is 19.1 Å². The van der Waals surface area contributed by atoms with Gasteiger partial charge in [0.25, 0.3) is 0 Å². The number of aliphatic carboxylic acids is 1. The molecule has 4 unspecified atom stereocenters. The maximum atomic E-state index is 12.1. The second kappa shape index (κ2) is 4.90. The van der Waals surface area contributed by atoms with Gasteiger partial charge < -0.3 is 14.4 Å². The van der Waals surface area contributed by atoms with Crippen LogP contribution in [0.3, 0.4) is 0 Å². The second-order valence-corrected chi connectivity index (χ2v) is 6.55. The van der Waals surface area contributed by atoms with Crippen LogP contribution in [0.2, 0.25) is 0 Å². The summed E-state index contributed by atoms with van der Waals surface area (Å²) in [5.74, 6) is 0.836. The molecule has 114 valence electrons. The minimum absolute atomic E-state index is 0.0414. The molecule has 0 spiro atoms. The van der Waals surface area contributed by atoms with Gasteiger partial charge in [0.15, 0.2) is 0 Å². The number of carbonyl (C=O) groups is 2. The van der Waals surface area contributed by atoms with Crippen LogP contribution in [-0.4, -0.2) is 27.9 Å². The first-order valence-corrected chi connectivity index (χ1v) is 7.53. The van der Waals surface area contributed by atoms with Gasteiger partial charge in [-0.2, -0.15) is 0 Å². The van der Waals surface area contributed by atoms with E-state index in [-0.39, 0.29) is 18.4 Å². The zero-order valence-corrected chi connectivity index (χ0v) is 12.6. The molecule has 4 atom stereocenters. The van der Waals surface area contributed by atoms with Gasteiger partial charge in [0.05, 0.1) is 5.92 Å². The third kappa shape index (κ3) is 2.34. The zero-order chi connectivity index (χ0) is 15.3. The Morgan fingerprint density at radius 3 is 2.52 bits per heavy atom. The van der Waals surface area contributed by atoms with Gasteiger partial charge in [-0.15, -0.1) is 0 Å². The fourth-order valence-corrected chi connectivity index (χ4v) is 3.37. The van der Waals surface area contributed by atoms with Crippen LogP contribution in [0.1, 0.15) is 57.1 Å². The summed E-state index contributed by atoms with van der Waals surface area (Å²) < 4.78 is 5.91. The number of likely N-dealkylation sites (tertiary alicyclic amines) is 1. The molecule has 1 aromatic heterocycles. The van der Waals surface area contributed by atoms with Crippen molar-refractivity contribution in [3.63, 3.8) is 0 Å². The lowest BCUT2D eigenvalue weighted by Gasteiger charge is -2.28. The summed E-state index contributed by atoms with van der Waals surface area (Å²) in [5.41, 5.74) is 0. The van der Waals surface area contributed by atoms with Gasteiger partial charge >= 0.3 is 5.97 Å². The predicted molar refractivity (Wildman–Crippen MR) is 75.7 cm³/mol. The number of furan rings is 1. The molecule has 1 N–H and O–H groups in total. The monoisotopic (exact) mass is 291 g/mol. The first-order valence-electron chi connectivity index (χ1n) is 7.53. The average molecular weight is 291 g/mol. The van der Waals surface area contributed by atoms with Crippen LogP contribution in [0.25, 0.3) is 0 Å². The highest BCUT2D eigenvalue weighted by Gasteiger charge is 2.47. The molecule has 1 saturated heterocycles. The Hall–Kier alpha value is -1.78. The van der Waals surface area contributed by atoms with E-state index < -0.39 is 17.9 Å². The van der Waals surface area contributed by atoms with Crippen molar-refractivity contribution in [2.24, 2.45) is 11.8 Å². The number of nitrogens with zero attached hydrogens (tertiary/aromatic N) is 1. The van der Waals surface area contributed by atoms with E-state index in [1.54, 1.807) is 4.90 Å². The van der Waals surface area contributed by atoms with Crippen molar-refractivity contribution in [3.05, 3.63) is 23.7 Å². The standard InChI is InChI=1S/C16H21NO4/c1-8(2)17-14(18)7-11(16(19)20)15(17)13-5-4-12(21-13)10-6-9(10)3/h4-5,8-11,15H,6-7H2,1-3H3,(H,19,20). The minimum atomic E-state index is -0.936. The van der Waals surface area contributed by atoms with E-state index in [0.717, 1.165) is 12.2 Å². The van der Waals surface area contributed by atoms with Gasteiger partial charge in [-0.1, -0.05) is 6.92 Å². The number of carbonyl (C=O) groups excluding carboxylic acids is 1. The molecule has 2 aliphatic rings. The number of hydrogen-bond acceptors (Lipinski definition) is 3. The summed E-state index contributed by atoms with van der Waals surface area (Å²) in [7, 11) is 0. The van der Waals surface area contributed by atoms with E-state index in [0.29, 0.717) is 17.6 Å². The van der Waals surface area contributed by atoms with Gasteiger partial charge in [-0.05, 0) is 38.3 Å². The third-order valence-corrected chi connectivity index (χ3v) is 4.65. The molecule has 0 bridgehead atoms. The van der Waals surface area contributed by atoms with Crippen molar-refractivity contribution in [3.8, 4) is 0 Å². The number of amides is 1. The largest absolute Gasteiger partial charge is 0.481 e. The topological polar surface area (TPSA) is 70.8 Å². The summed E-state index contributed by atoms with van der Waals surface area (Å²) in [6.45, 7) is 5.98. The molecule has 3 rings (SSSR count). The number of carboxylic acid groups (broad SMARTS) is 1. The Bertz CT molecular complexity index is 577. The fraction of sp³-hybridized carbons (Fsp3) is 0.625. The fourth-order valence-electron chi connectivity index (χ4n) is 3.37. The van der Waals surface area contributed by atoms with Crippen LogP contribution >= 0.6 is 0 Å². The first-order chi connectivity index (χ1) is 9.90. The van der Waals surface area contributed by atoms with Crippen LogP contribution in [0.5, 0.6) is 0 Å². The highest BCUT2D eigenvalue weighted by atomic mass is 16.4. The smallest absolute Gasteiger partial charge is 0.309 e. The molecule has 21 heavy (non-hydrogen) atoms. The van der Waals surface area contributed by atoms with Crippen molar-refractivity contribution >= 4 is 11.9 Å². The summed E-state index contributed by atoms with van der Waals surface area (Å²) in [5, 5.41) is 9.41. The maximum absolute atomic E-state index is 12.1. The van der Waals surface area contributed by atoms with Gasteiger partial charge in [0, 0.05) is 18.4 Å². The van der Waals surface area contributed by atoms with Crippen LogP contribution in [0.4, 0.5) is 0 Å². The quantitative estimate of drug-likeness (QED) is 0.926. The Morgan fingerprint density at radius 2 is 2.00 bits per heavy atom. The molecule has 1 aliphatic carbocycles. The van der Waals surface area contributed by atoms with Crippen LogP contribution in [0, 0.1) is 11.8 Å². The molecule has 2 fully saturated rings. The van der Waals surface area contributed by atoms with E-state index in [1.165, 1.54) is 0 Å². The maximum Gasteiger partial charge on any atom is 0.309 e. The number of rotatable bonds is 4. The third-order valence-electron chi connectivity index (χ3n) is 4.65. The zero-order valence-electron chi connectivity index (χ0n) is 12.6. The highest BCUT2D eigenvalue weighted by molar-refractivity contribution is 5.87. The van der Waals surface area contributed by atoms with Crippen LogP contribution in [-0.2, 0) is 9.59 Å². The van der Waals surface area contributed by atoms with Gasteiger partial charge in [0.1, 0.15) is 17.6 Å². The lowest BCUT2D eigenvalue weighted by molar-refractivity contribution is -0.143. The molecule has 2 heterocycles. The Labute approximate surface area is 123 Å². The van der Waals surface area contributed by atoms with E-state index in [1.807, 2.05) is 26.0 Å². The predicted octanol–water partition coefficient (Wildman–Crippen LogP) is 2.79. The summed E-state index contributed by atoms with van der Waals surface area (Å²) in [6, 6.07) is 3.25. The molecule has 0 radical (unpaired) electrons. The molecular formula is C16H21NO4. The van der Waals surface area contributed by atoms with E-state index in [9.17, 15) is 14.7 Å². The summed E-state index contributed by atoms with van der Waals surface area (Å²) >= 11 is 0. The van der Waals surface area contributed by atoms with Crippen molar-refractivity contribution in [1.82, 2.24) is 4.90 Å². The molecule has 1 aliphatic heterocycles. The van der Waals surface area contributed by atoms with Gasteiger partial charge in [0.2, 0.25) is 5.91 Å². The highest BCUT2D eigenvalue weighted by Crippen LogP contribution is 2.49. The van der Waals surface area contributed by atoms with E-state index in [2.05, 4.69) is 6.92 Å². The van der Waals surface area contributed by atoms with Crippen LogP contribution < -0.4 is 0 Å². The molecule has 1 aromatic rings. The summed E-state index contributed by atoms with van der Waals surface area (Å²) in [4.78, 5) is 25.3. The van der Waals surface area contributed by atoms with Gasteiger partial charge in [-0.3, -0.25) is 9.59 Å². The van der Waals surface area contributed by atoms with E-state index in [4.69, 9.17) is 4.42 Å². The van der Waals surface area contributed by atoms with E-state index >= 15 is 0 Å². The molecule has 0 aromatic carbocycles. The molecular weight excluding hydrogens is 270 g/mol. The Morgan fingerprint density at radius 1 is 1.38 bits per heavy atom. The molecule has 1 saturated carbocycles. The lowest BCUT2D eigenvalue weighted by atomic mass is 9.98. The van der Waals surface area contributed by atoms with Crippen molar-refractivity contribution in [1.29, 1.82) is 0 Å². The summed E-state index contributed by atoms with van der Waals surface area (Å²) in [6.07, 6.45) is 1.17. The molecule has 1 amide bonds. The average Bonchev–Trinajstić information content (AvgIpc) is 2.86. The lowest BCUT2D eigenvalue weighted by Crippen LogP contribution is -2.35. The normalized spacial score (nSPS) is 32.0. The Balaban J connectivity index is 1.93.